The molecule has 2 aromatic rings. The first-order chi connectivity index (χ1) is 7.92. The zero-order chi connectivity index (χ0) is 12.3. The van der Waals surface area contributed by atoms with E-state index >= 15 is 0 Å². The smallest absolute Gasteiger partial charge is 0.119 e. The van der Waals surface area contributed by atoms with Gasteiger partial charge in [0.05, 0.1) is 22.9 Å². The number of fused-ring (bicyclic) bond motifs is 1. The summed E-state index contributed by atoms with van der Waals surface area (Å²) in [6.45, 7) is 6.51. The molecule has 1 aliphatic carbocycles. The third-order valence-corrected chi connectivity index (χ3v) is 3.38. The highest BCUT2D eigenvalue weighted by molar-refractivity contribution is 5.56. The maximum absolute atomic E-state index is 6.29. The summed E-state index contributed by atoms with van der Waals surface area (Å²) >= 11 is 0. The minimum absolute atomic E-state index is 0.00771. The van der Waals surface area contributed by atoms with Gasteiger partial charge in [-0.25, -0.2) is 4.98 Å². The molecule has 4 heteroatoms. The Bertz CT molecular complexity index is 533. The van der Waals surface area contributed by atoms with E-state index < -0.39 is 0 Å². The minimum Gasteiger partial charge on any atom is -0.320 e. The number of imidazole rings is 1. The summed E-state index contributed by atoms with van der Waals surface area (Å²) < 4.78 is 2.12. The van der Waals surface area contributed by atoms with Crippen molar-refractivity contribution in [2.45, 2.75) is 44.6 Å². The quantitative estimate of drug-likeness (QED) is 0.815. The predicted octanol–water partition coefficient (Wildman–Crippen LogP) is 1.97. The molecule has 90 valence electrons. The lowest BCUT2D eigenvalue weighted by Gasteiger charge is -2.16. The Morgan fingerprint density at radius 2 is 2.06 bits per heavy atom. The van der Waals surface area contributed by atoms with Crippen molar-refractivity contribution in [3.8, 4) is 0 Å². The van der Waals surface area contributed by atoms with Crippen LogP contribution >= 0.6 is 0 Å². The highest BCUT2D eigenvalue weighted by Crippen LogP contribution is 2.44. The molecule has 17 heavy (non-hydrogen) atoms. The highest BCUT2D eigenvalue weighted by atomic mass is 15.1. The van der Waals surface area contributed by atoms with Gasteiger partial charge in [0.1, 0.15) is 5.82 Å². The molecule has 0 radical (unpaired) electrons. The van der Waals surface area contributed by atoms with Crippen LogP contribution in [-0.2, 0) is 11.0 Å². The van der Waals surface area contributed by atoms with Gasteiger partial charge in [-0.1, -0.05) is 20.8 Å². The molecule has 0 bridgehead atoms. The van der Waals surface area contributed by atoms with Crippen LogP contribution in [0.15, 0.2) is 18.6 Å². The molecule has 1 aliphatic rings. The molecule has 0 spiro atoms. The lowest BCUT2D eigenvalue weighted by molar-refractivity contribution is 0.539. The summed E-state index contributed by atoms with van der Waals surface area (Å²) in [4.78, 5) is 8.99. The van der Waals surface area contributed by atoms with Crippen LogP contribution in [0.3, 0.4) is 0 Å². The predicted molar refractivity (Wildman–Crippen MR) is 66.8 cm³/mol. The number of rotatable bonds is 1. The Kier molecular flexibility index (Phi) is 1.94. The maximum Gasteiger partial charge on any atom is 0.119 e. The van der Waals surface area contributed by atoms with Gasteiger partial charge in [-0.2, -0.15) is 0 Å². The van der Waals surface area contributed by atoms with Crippen LogP contribution in [0, 0.1) is 0 Å². The van der Waals surface area contributed by atoms with Gasteiger partial charge in [0.25, 0.3) is 0 Å². The molecular weight excluding hydrogens is 212 g/mol. The Morgan fingerprint density at radius 3 is 2.65 bits per heavy atom. The van der Waals surface area contributed by atoms with Crippen molar-refractivity contribution in [1.29, 1.82) is 0 Å². The molecule has 0 aliphatic heterocycles. The summed E-state index contributed by atoms with van der Waals surface area (Å²) in [6, 6.07) is 0. The van der Waals surface area contributed by atoms with Gasteiger partial charge in [0.2, 0.25) is 0 Å². The average molecular weight is 230 g/mol. The first-order valence-corrected chi connectivity index (χ1v) is 6.04. The van der Waals surface area contributed by atoms with Crippen LogP contribution in [0.2, 0.25) is 0 Å². The fourth-order valence-electron chi connectivity index (χ4n) is 2.21. The van der Waals surface area contributed by atoms with Crippen LogP contribution in [-0.4, -0.2) is 14.4 Å². The second kappa shape index (κ2) is 3.07. The highest BCUT2D eigenvalue weighted by Gasteiger charge is 2.44. The summed E-state index contributed by atoms with van der Waals surface area (Å²) in [5.74, 6) is 1.06. The van der Waals surface area contributed by atoms with E-state index in [9.17, 15) is 0 Å². The Morgan fingerprint density at radius 1 is 1.35 bits per heavy atom. The normalized spacial score (nSPS) is 18.6. The SMILES string of the molecule is CC(C)(C)c1nc(C2(N)CC2)c2cnccn12. The topological polar surface area (TPSA) is 56.2 Å². The monoisotopic (exact) mass is 230 g/mol. The lowest BCUT2D eigenvalue weighted by Crippen LogP contribution is -2.20. The van der Waals surface area contributed by atoms with Crippen molar-refractivity contribution in [3.05, 3.63) is 30.1 Å². The molecule has 2 heterocycles. The molecular formula is C13H18N4. The first kappa shape index (κ1) is 10.7. The second-order valence-electron chi connectivity index (χ2n) is 6.02. The fraction of sp³-hybridized carbons (Fsp3) is 0.538. The van der Waals surface area contributed by atoms with Crippen LogP contribution in [0.5, 0.6) is 0 Å². The molecule has 4 nitrogen and oxygen atoms in total. The van der Waals surface area contributed by atoms with E-state index in [-0.39, 0.29) is 11.0 Å². The average Bonchev–Trinajstić information content (AvgIpc) is 2.87. The van der Waals surface area contributed by atoms with Crippen LogP contribution in [0.4, 0.5) is 0 Å². The van der Waals surface area contributed by atoms with E-state index in [1.54, 1.807) is 6.20 Å². The summed E-state index contributed by atoms with van der Waals surface area (Å²) in [5, 5.41) is 0. The Balaban J connectivity index is 2.31. The molecule has 3 rings (SSSR count). The Hall–Kier alpha value is -1.42. The molecule has 0 saturated heterocycles. The van der Waals surface area contributed by atoms with Crippen molar-refractivity contribution in [2.75, 3.05) is 0 Å². The van der Waals surface area contributed by atoms with Gasteiger partial charge in [0, 0.05) is 17.8 Å². The fourth-order valence-corrected chi connectivity index (χ4v) is 2.21. The maximum atomic E-state index is 6.29. The molecule has 2 aromatic heterocycles. The van der Waals surface area contributed by atoms with E-state index in [1.807, 2.05) is 12.4 Å². The third-order valence-electron chi connectivity index (χ3n) is 3.38. The van der Waals surface area contributed by atoms with Gasteiger partial charge in [0.15, 0.2) is 0 Å². The molecule has 0 unspecified atom stereocenters. The number of hydrogen-bond donors (Lipinski definition) is 1. The number of hydrogen-bond acceptors (Lipinski definition) is 3. The zero-order valence-corrected chi connectivity index (χ0v) is 10.6. The van der Waals surface area contributed by atoms with Crippen molar-refractivity contribution in [3.63, 3.8) is 0 Å². The van der Waals surface area contributed by atoms with E-state index in [1.165, 1.54) is 0 Å². The van der Waals surface area contributed by atoms with E-state index in [2.05, 4.69) is 30.2 Å². The lowest BCUT2D eigenvalue weighted by atomic mass is 9.96. The zero-order valence-electron chi connectivity index (χ0n) is 10.6. The van der Waals surface area contributed by atoms with Crippen LogP contribution in [0.1, 0.15) is 45.1 Å². The van der Waals surface area contributed by atoms with Crippen molar-refractivity contribution in [1.82, 2.24) is 14.4 Å². The largest absolute Gasteiger partial charge is 0.320 e. The van der Waals surface area contributed by atoms with Gasteiger partial charge in [-0.05, 0) is 12.8 Å². The van der Waals surface area contributed by atoms with E-state index in [0.29, 0.717) is 0 Å². The number of nitrogens with zero attached hydrogens (tertiary/aromatic N) is 3. The summed E-state index contributed by atoms with van der Waals surface area (Å²) in [7, 11) is 0. The first-order valence-electron chi connectivity index (χ1n) is 6.04. The molecule has 2 N–H and O–H groups in total. The van der Waals surface area contributed by atoms with Crippen molar-refractivity contribution in [2.24, 2.45) is 5.73 Å². The molecule has 0 atom stereocenters. The van der Waals surface area contributed by atoms with E-state index in [4.69, 9.17) is 10.7 Å². The van der Waals surface area contributed by atoms with Crippen molar-refractivity contribution >= 4 is 5.52 Å². The van der Waals surface area contributed by atoms with Gasteiger partial charge >= 0.3 is 0 Å². The molecule has 0 aromatic carbocycles. The Labute approximate surface area is 101 Å². The number of nitrogens with two attached hydrogens (primary N) is 1. The summed E-state index contributed by atoms with van der Waals surface area (Å²) in [5.41, 5.74) is 8.15. The molecule has 0 amide bonds. The van der Waals surface area contributed by atoms with Gasteiger partial charge in [-0.3, -0.25) is 9.38 Å². The second-order valence-corrected chi connectivity index (χ2v) is 6.02. The van der Waals surface area contributed by atoms with Crippen LogP contribution in [0.25, 0.3) is 5.52 Å². The minimum atomic E-state index is -0.211. The van der Waals surface area contributed by atoms with Crippen molar-refractivity contribution < 1.29 is 0 Å². The number of aromatic nitrogens is 3. The van der Waals surface area contributed by atoms with E-state index in [0.717, 1.165) is 29.9 Å². The standard InChI is InChI=1S/C13H18N4/c1-12(2,3)11-16-10(13(14)4-5-13)9-8-15-6-7-17(9)11/h6-8H,4-5,14H2,1-3H3. The van der Waals surface area contributed by atoms with Gasteiger partial charge < -0.3 is 5.73 Å². The van der Waals surface area contributed by atoms with Gasteiger partial charge in [-0.15, -0.1) is 0 Å². The van der Waals surface area contributed by atoms with Crippen LogP contribution < -0.4 is 5.73 Å². The third kappa shape index (κ3) is 1.55. The molecule has 1 saturated carbocycles. The summed E-state index contributed by atoms with van der Waals surface area (Å²) in [6.07, 6.45) is 7.68. The molecule has 1 fully saturated rings.